The largest absolute Gasteiger partial charge is 0.367 e. The molecule has 0 aliphatic carbocycles. The van der Waals surface area contributed by atoms with Crippen molar-refractivity contribution in [2.45, 2.75) is 46.6 Å². The lowest BCUT2D eigenvalue weighted by molar-refractivity contribution is 0.0828. The molecule has 1 amide bonds. The van der Waals surface area contributed by atoms with Crippen LogP contribution < -0.4 is 5.32 Å². The van der Waals surface area contributed by atoms with Crippen LogP contribution in [0.3, 0.4) is 0 Å². The number of anilines is 1. The maximum absolute atomic E-state index is 12.6. The van der Waals surface area contributed by atoms with Crippen LogP contribution in [0, 0.1) is 5.92 Å². The van der Waals surface area contributed by atoms with Gasteiger partial charge in [0.05, 0.1) is 11.3 Å². The summed E-state index contributed by atoms with van der Waals surface area (Å²) in [5, 5.41) is 3.26. The van der Waals surface area contributed by atoms with E-state index in [9.17, 15) is 13.2 Å². The van der Waals surface area contributed by atoms with Crippen LogP contribution in [0.2, 0.25) is 0 Å². The first-order valence-electron chi connectivity index (χ1n) is 9.50. The number of nitrogens with zero attached hydrogens (tertiary/aromatic N) is 3. The number of amides is 1. The van der Waals surface area contributed by atoms with Gasteiger partial charge in [-0.15, -0.1) is 0 Å². The molecule has 0 spiro atoms. The Hall–Kier alpha value is -1.67. The van der Waals surface area contributed by atoms with Gasteiger partial charge in [0, 0.05) is 45.3 Å². The molecule has 1 aromatic rings. The van der Waals surface area contributed by atoms with E-state index in [4.69, 9.17) is 4.98 Å². The molecule has 0 saturated heterocycles. The summed E-state index contributed by atoms with van der Waals surface area (Å²) in [5.74, 6) is 0.703. The van der Waals surface area contributed by atoms with E-state index in [-0.39, 0.29) is 23.6 Å². The van der Waals surface area contributed by atoms with Crippen LogP contribution in [0.25, 0.3) is 0 Å². The number of carbonyl (C=O) groups excluding carboxylic acids is 1. The average molecular weight is 397 g/mol. The fraction of sp³-hybridized carbons (Fsp3) is 0.684. The standard InChI is InChI=1S/C19H32N4O3S/c1-13(2)12-27(25,26)23-9-7-15-11-16(19(24)22(5)6)18(20-14(3)4)21-17(15)8-10-23/h11,13-14H,7-10,12H2,1-6H3,(H,20,21). The minimum atomic E-state index is -3.28. The van der Waals surface area contributed by atoms with Crippen LogP contribution in [0.15, 0.2) is 6.07 Å². The number of fused-ring (bicyclic) bond motifs is 1. The summed E-state index contributed by atoms with van der Waals surface area (Å²) in [6.07, 6.45) is 1.12. The van der Waals surface area contributed by atoms with Crippen molar-refractivity contribution >= 4 is 21.7 Å². The summed E-state index contributed by atoms with van der Waals surface area (Å²) in [4.78, 5) is 18.8. The zero-order chi connectivity index (χ0) is 20.4. The van der Waals surface area contributed by atoms with Crippen LogP contribution in [0.5, 0.6) is 0 Å². The molecule has 2 rings (SSSR count). The van der Waals surface area contributed by atoms with E-state index in [2.05, 4.69) is 5.32 Å². The second kappa shape index (κ2) is 8.56. The molecule has 0 atom stereocenters. The molecule has 0 unspecified atom stereocenters. The van der Waals surface area contributed by atoms with E-state index in [1.54, 1.807) is 18.4 Å². The molecule has 0 bridgehead atoms. The average Bonchev–Trinajstić information content (AvgIpc) is 2.74. The zero-order valence-electron chi connectivity index (χ0n) is 17.2. The molecule has 8 heteroatoms. The van der Waals surface area contributed by atoms with Crippen molar-refractivity contribution in [1.82, 2.24) is 14.2 Å². The summed E-state index contributed by atoms with van der Waals surface area (Å²) < 4.78 is 26.8. The summed E-state index contributed by atoms with van der Waals surface area (Å²) in [6, 6.07) is 2.02. The third-order valence-electron chi connectivity index (χ3n) is 4.42. The number of carbonyl (C=O) groups is 1. The SMILES string of the molecule is CC(C)CS(=O)(=O)N1CCc2cc(C(=O)N(C)C)c(NC(C)C)nc2CC1. The summed E-state index contributed by atoms with van der Waals surface area (Å²) in [5.41, 5.74) is 2.36. The van der Waals surface area contributed by atoms with Crippen LogP contribution >= 0.6 is 0 Å². The molecule has 1 aromatic heterocycles. The molecule has 1 aliphatic rings. The van der Waals surface area contributed by atoms with E-state index in [0.717, 1.165) is 11.3 Å². The lowest BCUT2D eigenvalue weighted by Crippen LogP contribution is -2.36. The molecular weight excluding hydrogens is 364 g/mol. The van der Waals surface area contributed by atoms with Crippen molar-refractivity contribution in [3.63, 3.8) is 0 Å². The Morgan fingerprint density at radius 2 is 1.85 bits per heavy atom. The number of nitrogens with one attached hydrogen (secondary N) is 1. The van der Waals surface area contributed by atoms with Gasteiger partial charge in [0.1, 0.15) is 5.82 Å². The minimum Gasteiger partial charge on any atom is -0.367 e. The van der Waals surface area contributed by atoms with E-state index in [1.807, 2.05) is 33.8 Å². The quantitative estimate of drug-likeness (QED) is 0.795. The number of hydrogen-bond acceptors (Lipinski definition) is 5. The molecule has 7 nitrogen and oxygen atoms in total. The summed E-state index contributed by atoms with van der Waals surface area (Å²) in [6.45, 7) is 8.67. The molecule has 0 radical (unpaired) electrons. The van der Waals surface area contributed by atoms with Crippen LogP contribution in [-0.2, 0) is 22.9 Å². The molecular formula is C19H32N4O3S. The minimum absolute atomic E-state index is 0.0879. The Morgan fingerprint density at radius 3 is 2.41 bits per heavy atom. The monoisotopic (exact) mass is 396 g/mol. The maximum Gasteiger partial charge on any atom is 0.257 e. The highest BCUT2D eigenvalue weighted by molar-refractivity contribution is 7.89. The normalized spacial score (nSPS) is 15.6. The second-order valence-electron chi connectivity index (χ2n) is 8.06. The van der Waals surface area contributed by atoms with Crippen LogP contribution in [-0.4, -0.2) is 67.5 Å². The maximum atomic E-state index is 12.6. The fourth-order valence-electron chi connectivity index (χ4n) is 3.21. The van der Waals surface area contributed by atoms with Crippen molar-refractivity contribution < 1.29 is 13.2 Å². The predicted octanol–water partition coefficient (Wildman–Crippen LogP) is 1.99. The summed E-state index contributed by atoms with van der Waals surface area (Å²) >= 11 is 0. The Bertz CT molecular complexity index is 788. The number of rotatable bonds is 6. The Kier molecular flexibility index (Phi) is 6.86. The Labute approximate surface area is 163 Å². The van der Waals surface area contributed by atoms with E-state index >= 15 is 0 Å². The van der Waals surface area contributed by atoms with Gasteiger partial charge in [0.15, 0.2) is 0 Å². The molecule has 27 heavy (non-hydrogen) atoms. The Balaban J connectivity index is 2.36. The van der Waals surface area contributed by atoms with Gasteiger partial charge in [0.2, 0.25) is 10.0 Å². The number of pyridine rings is 1. The van der Waals surface area contributed by atoms with Crippen LogP contribution in [0.4, 0.5) is 5.82 Å². The molecule has 0 saturated carbocycles. The molecule has 2 heterocycles. The summed E-state index contributed by atoms with van der Waals surface area (Å²) in [7, 11) is 0.153. The highest BCUT2D eigenvalue weighted by Gasteiger charge is 2.27. The lowest BCUT2D eigenvalue weighted by atomic mass is 10.0. The first kappa shape index (κ1) is 21.6. The van der Waals surface area contributed by atoms with Crippen molar-refractivity contribution in [2.24, 2.45) is 5.92 Å². The van der Waals surface area contributed by atoms with Gasteiger partial charge in [-0.2, -0.15) is 0 Å². The molecule has 152 valence electrons. The van der Waals surface area contributed by atoms with Gasteiger partial charge in [-0.25, -0.2) is 17.7 Å². The van der Waals surface area contributed by atoms with Crippen molar-refractivity contribution in [2.75, 3.05) is 38.3 Å². The van der Waals surface area contributed by atoms with Gasteiger partial charge in [0.25, 0.3) is 5.91 Å². The van der Waals surface area contributed by atoms with Crippen LogP contribution in [0.1, 0.15) is 49.3 Å². The predicted molar refractivity (Wildman–Crippen MR) is 109 cm³/mol. The molecule has 1 N–H and O–H groups in total. The second-order valence-corrected chi connectivity index (χ2v) is 10.1. The van der Waals surface area contributed by atoms with Gasteiger partial charge in [-0.1, -0.05) is 13.8 Å². The van der Waals surface area contributed by atoms with E-state index < -0.39 is 10.0 Å². The third-order valence-corrected chi connectivity index (χ3v) is 6.66. The first-order valence-corrected chi connectivity index (χ1v) is 11.1. The third kappa shape index (κ3) is 5.42. The number of sulfonamides is 1. The Morgan fingerprint density at radius 1 is 1.22 bits per heavy atom. The highest BCUT2D eigenvalue weighted by atomic mass is 32.2. The van der Waals surface area contributed by atoms with E-state index in [0.29, 0.717) is 37.3 Å². The highest BCUT2D eigenvalue weighted by Crippen LogP contribution is 2.24. The topological polar surface area (TPSA) is 82.6 Å². The molecule has 0 aromatic carbocycles. The van der Waals surface area contributed by atoms with Gasteiger partial charge >= 0.3 is 0 Å². The van der Waals surface area contributed by atoms with Crippen molar-refractivity contribution in [3.8, 4) is 0 Å². The van der Waals surface area contributed by atoms with Crippen molar-refractivity contribution in [1.29, 1.82) is 0 Å². The first-order chi connectivity index (χ1) is 12.5. The van der Waals surface area contributed by atoms with Gasteiger partial charge in [-0.3, -0.25) is 4.79 Å². The van der Waals surface area contributed by atoms with Gasteiger partial charge in [-0.05, 0) is 37.8 Å². The zero-order valence-corrected chi connectivity index (χ0v) is 18.1. The number of hydrogen-bond donors (Lipinski definition) is 1. The molecule has 0 fully saturated rings. The smallest absolute Gasteiger partial charge is 0.257 e. The van der Waals surface area contributed by atoms with Gasteiger partial charge < -0.3 is 10.2 Å². The molecule has 1 aliphatic heterocycles. The number of aromatic nitrogens is 1. The fourth-order valence-corrected chi connectivity index (χ4v) is 5.00. The van der Waals surface area contributed by atoms with E-state index in [1.165, 1.54) is 4.90 Å². The van der Waals surface area contributed by atoms with Crippen molar-refractivity contribution in [3.05, 3.63) is 22.9 Å². The lowest BCUT2D eigenvalue weighted by Gasteiger charge is -2.20.